The van der Waals surface area contributed by atoms with Gasteiger partial charge in [-0.25, -0.2) is 0 Å². The summed E-state index contributed by atoms with van der Waals surface area (Å²) >= 11 is 0. The van der Waals surface area contributed by atoms with Gasteiger partial charge in [-0.2, -0.15) is 5.26 Å². The van der Waals surface area contributed by atoms with Crippen molar-refractivity contribution in [2.75, 3.05) is 13.6 Å². The molecule has 1 rings (SSSR count). The van der Waals surface area contributed by atoms with Gasteiger partial charge in [-0.3, -0.25) is 4.79 Å². The minimum absolute atomic E-state index is 0.0150. The second-order valence-electron chi connectivity index (χ2n) is 4.09. The van der Waals surface area contributed by atoms with Crippen LogP contribution in [-0.4, -0.2) is 24.4 Å². The molecular formula is C11H18N2O. The van der Waals surface area contributed by atoms with Crippen LogP contribution in [0.5, 0.6) is 0 Å². The number of hydrogen-bond donors (Lipinski definition) is 0. The van der Waals surface area contributed by atoms with E-state index in [2.05, 4.69) is 0 Å². The Labute approximate surface area is 85.7 Å². The molecule has 3 nitrogen and oxygen atoms in total. The standard InChI is InChI=1S/C11H18N2O/c1-13(11(14)6-8-12)9-7-10-4-2-3-5-10/h10H,2-7,9H2,1H3. The first-order valence-electron chi connectivity index (χ1n) is 5.35. The topological polar surface area (TPSA) is 44.1 Å². The number of carbonyl (C=O) groups is 1. The van der Waals surface area contributed by atoms with Gasteiger partial charge in [0, 0.05) is 13.6 Å². The van der Waals surface area contributed by atoms with E-state index in [0.717, 1.165) is 18.9 Å². The van der Waals surface area contributed by atoms with E-state index < -0.39 is 0 Å². The first kappa shape index (κ1) is 11.0. The van der Waals surface area contributed by atoms with Crippen molar-refractivity contribution in [1.82, 2.24) is 4.90 Å². The fourth-order valence-electron chi connectivity index (χ4n) is 2.00. The molecule has 1 aliphatic rings. The highest BCUT2D eigenvalue weighted by molar-refractivity contribution is 5.77. The summed E-state index contributed by atoms with van der Waals surface area (Å²) in [7, 11) is 1.79. The number of nitriles is 1. The quantitative estimate of drug-likeness (QED) is 0.686. The molecule has 0 N–H and O–H groups in total. The highest BCUT2D eigenvalue weighted by Gasteiger charge is 2.16. The van der Waals surface area contributed by atoms with Crippen LogP contribution in [0.15, 0.2) is 0 Å². The molecule has 0 radical (unpaired) electrons. The minimum Gasteiger partial charge on any atom is -0.345 e. The van der Waals surface area contributed by atoms with E-state index >= 15 is 0 Å². The van der Waals surface area contributed by atoms with Crippen molar-refractivity contribution < 1.29 is 4.79 Å². The Morgan fingerprint density at radius 2 is 2.14 bits per heavy atom. The Morgan fingerprint density at radius 1 is 1.50 bits per heavy atom. The van der Waals surface area contributed by atoms with Crippen molar-refractivity contribution in [3.63, 3.8) is 0 Å². The van der Waals surface area contributed by atoms with Crippen LogP contribution in [-0.2, 0) is 4.79 Å². The predicted molar refractivity (Wildman–Crippen MR) is 54.4 cm³/mol. The van der Waals surface area contributed by atoms with Gasteiger partial charge in [-0.05, 0) is 12.3 Å². The van der Waals surface area contributed by atoms with Gasteiger partial charge in [0.15, 0.2) is 0 Å². The first-order chi connectivity index (χ1) is 6.74. The van der Waals surface area contributed by atoms with E-state index in [-0.39, 0.29) is 12.3 Å². The molecule has 1 aliphatic carbocycles. The molecule has 0 aromatic heterocycles. The third kappa shape index (κ3) is 3.37. The van der Waals surface area contributed by atoms with Crippen LogP contribution in [0.2, 0.25) is 0 Å². The normalized spacial score (nSPS) is 16.6. The number of amides is 1. The molecule has 1 fully saturated rings. The maximum absolute atomic E-state index is 11.3. The van der Waals surface area contributed by atoms with E-state index in [1.807, 2.05) is 6.07 Å². The maximum atomic E-state index is 11.3. The number of rotatable bonds is 4. The molecule has 0 saturated heterocycles. The van der Waals surface area contributed by atoms with Gasteiger partial charge in [-0.15, -0.1) is 0 Å². The van der Waals surface area contributed by atoms with E-state index in [1.165, 1.54) is 25.7 Å². The molecule has 0 aromatic rings. The largest absolute Gasteiger partial charge is 0.345 e. The second kappa shape index (κ2) is 5.64. The highest BCUT2D eigenvalue weighted by atomic mass is 16.2. The van der Waals surface area contributed by atoms with Crippen LogP contribution in [0, 0.1) is 17.2 Å². The van der Waals surface area contributed by atoms with Gasteiger partial charge >= 0.3 is 0 Å². The molecule has 0 spiro atoms. The predicted octanol–water partition coefficient (Wildman–Crippen LogP) is 1.94. The maximum Gasteiger partial charge on any atom is 0.236 e. The lowest BCUT2D eigenvalue weighted by Gasteiger charge is -2.17. The zero-order valence-corrected chi connectivity index (χ0v) is 8.83. The molecule has 0 aromatic carbocycles. The Kier molecular flexibility index (Phi) is 4.45. The fraction of sp³-hybridized carbons (Fsp3) is 0.818. The van der Waals surface area contributed by atoms with Crippen molar-refractivity contribution in [1.29, 1.82) is 5.26 Å². The first-order valence-corrected chi connectivity index (χ1v) is 5.35. The van der Waals surface area contributed by atoms with Gasteiger partial charge in [0.2, 0.25) is 5.91 Å². The minimum atomic E-state index is -0.0505. The Hall–Kier alpha value is -1.04. The summed E-state index contributed by atoms with van der Waals surface area (Å²) in [5.74, 6) is 0.762. The van der Waals surface area contributed by atoms with Gasteiger partial charge in [-0.1, -0.05) is 25.7 Å². The fourth-order valence-corrected chi connectivity index (χ4v) is 2.00. The second-order valence-corrected chi connectivity index (χ2v) is 4.09. The number of hydrogen-bond acceptors (Lipinski definition) is 2. The molecule has 0 heterocycles. The summed E-state index contributed by atoms with van der Waals surface area (Å²) in [6.07, 6.45) is 6.45. The van der Waals surface area contributed by atoms with Crippen LogP contribution in [0.1, 0.15) is 38.5 Å². The molecule has 1 saturated carbocycles. The molecule has 0 atom stereocenters. The molecule has 1 amide bonds. The van der Waals surface area contributed by atoms with Gasteiger partial charge < -0.3 is 4.90 Å². The monoisotopic (exact) mass is 194 g/mol. The summed E-state index contributed by atoms with van der Waals surface area (Å²) < 4.78 is 0. The van der Waals surface area contributed by atoms with Gasteiger partial charge in [0.25, 0.3) is 0 Å². The zero-order chi connectivity index (χ0) is 10.4. The van der Waals surface area contributed by atoms with Crippen molar-refractivity contribution in [2.24, 2.45) is 5.92 Å². The number of carbonyl (C=O) groups excluding carboxylic acids is 1. The SMILES string of the molecule is CN(CCC1CCCC1)C(=O)CC#N. The van der Waals surface area contributed by atoms with Crippen LogP contribution in [0.25, 0.3) is 0 Å². The third-order valence-electron chi connectivity index (χ3n) is 3.00. The zero-order valence-electron chi connectivity index (χ0n) is 8.83. The molecule has 3 heteroatoms. The lowest BCUT2D eigenvalue weighted by Crippen LogP contribution is -2.28. The molecule has 0 bridgehead atoms. The van der Waals surface area contributed by atoms with E-state index in [1.54, 1.807) is 11.9 Å². The molecule has 0 unspecified atom stereocenters. The summed E-state index contributed by atoms with van der Waals surface area (Å²) in [4.78, 5) is 12.9. The molecule has 0 aliphatic heterocycles. The van der Waals surface area contributed by atoms with E-state index in [9.17, 15) is 4.79 Å². The average Bonchev–Trinajstić information content (AvgIpc) is 2.67. The number of nitrogens with zero attached hydrogens (tertiary/aromatic N) is 2. The van der Waals surface area contributed by atoms with Crippen molar-refractivity contribution in [3.05, 3.63) is 0 Å². The summed E-state index contributed by atoms with van der Waals surface area (Å²) in [6.45, 7) is 0.811. The van der Waals surface area contributed by atoms with Crippen molar-refractivity contribution in [2.45, 2.75) is 38.5 Å². The third-order valence-corrected chi connectivity index (χ3v) is 3.00. The van der Waals surface area contributed by atoms with Gasteiger partial charge in [0.1, 0.15) is 6.42 Å². The van der Waals surface area contributed by atoms with Gasteiger partial charge in [0.05, 0.1) is 6.07 Å². The molecule has 14 heavy (non-hydrogen) atoms. The molecule has 78 valence electrons. The van der Waals surface area contributed by atoms with Crippen LogP contribution in [0.3, 0.4) is 0 Å². The molecular weight excluding hydrogens is 176 g/mol. The van der Waals surface area contributed by atoms with E-state index in [0.29, 0.717) is 0 Å². The van der Waals surface area contributed by atoms with E-state index in [4.69, 9.17) is 5.26 Å². The lowest BCUT2D eigenvalue weighted by molar-refractivity contribution is -0.128. The van der Waals surface area contributed by atoms with Crippen molar-refractivity contribution in [3.8, 4) is 6.07 Å². The summed E-state index contributed by atoms with van der Waals surface area (Å²) in [6, 6.07) is 1.89. The Morgan fingerprint density at radius 3 is 2.71 bits per heavy atom. The highest BCUT2D eigenvalue weighted by Crippen LogP contribution is 2.27. The summed E-state index contributed by atoms with van der Waals surface area (Å²) in [5, 5.41) is 8.37. The van der Waals surface area contributed by atoms with Crippen LogP contribution in [0.4, 0.5) is 0 Å². The van der Waals surface area contributed by atoms with Crippen LogP contribution < -0.4 is 0 Å². The smallest absolute Gasteiger partial charge is 0.236 e. The average molecular weight is 194 g/mol. The lowest BCUT2D eigenvalue weighted by atomic mass is 10.0. The Balaban J connectivity index is 2.16. The Bertz CT molecular complexity index is 226. The van der Waals surface area contributed by atoms with Crippen molar-refractivity contribution >= 4 is 5.91 Å². The summed E-state index contributed by atoms with van der Waals surface area (Å²) in [5.41, 5.74) is 0. The van der Waals surface area contributed by atoms with Crippen LogP contribution >= 0.6 is 0 Å².